The number of sulfonamides is 1. The van der Waals surface area contributed by atoms with Gasteiger partial charge in [-0.05, 0) is 42.5 Å². The van der Waals surface area contributed by atoms with E-state index in [0.717, 1.165) is 12.3 Å². The quantitative estimate of drug-likeness (QED) is 0.284. The van der Waals surface area contributed by atoms with Crippen molar-refractivity contribution in [3.8, 4) is 5.75 Å². The lowest BCUT2D eigenvalue weighted by Gasteiger charge is -2.11. The van der Waals surface area contributed by atoms with Crippen LogP contribution in [-0.4, -0.2) is 64.5 Å². The van der Waals surface area contributed by atoms with Gasteiger partial charge in [-0.15, -0.1) is 0 Å². The number of pyridine rings is 1. The Morgan fingerprint density at radius 1 is 0.895 bits per heavy atom. The number of benzene rings is 2. The minimum atomic E-state index is -4.37. The topological polar surface area (TPSA) is 153 Å². The normalized spacial score (nSPS) is 10.9. The Labute approximate surface area is 224 Å². The molecule has 0 aliphatic heterocycles. The first-order chi connectivity index (χ1) is 18.2. The minimum absolute atomic E-state index is 0.0281. The number of nitrogens with one attached hydrogen (secondary N) is 3. The molecule has 0 saturated carbocycles. The summed E-state index contributed by atoms with van der Waals surface area (Å²) in [5, 5.41) is 5.21. The molecule has 0 unspecified atom stereocenters. The van der Waals surface area contributed by atoms with E-state index in [4.69, 9.17) is 21.1 Å². The lowest BCUT2D eigenvalue weighted by Crippen LogP contribution is -2.32. The molecule has 3 N–H and O–H groups in total. The summed E-state index contributed by atoms with van der Waals surface area (Å²) in [5.41, 5.74) is -0.136. The van der Waals surface area contributed by atoms with Crippen LogP contribution in [0.4, 0.5) is 0 Å². The number of hydrogen-bond donors (Lipinski definition) is 3. The first-order valence-electron chi connectivity index (χ1n) is 11.3. The van der Waals surface area contributed by atoms with Gasteiger partial charge in [-0.25, -0.2) is 13.1 Å². The van der Waals surface area contributed by atoms with Crippen LogP contribution < -0.4 is 20.1 Å². The molecule has 0 aliphatic carbocycles. The van der Waals surface area contributed by atoms with Gasteiger partial charge in [0.15, 0.2) is 0 Å². The lowest BCUT2D eigenvalue weighted by atomic mass is 10.2. The SMILES string of the molecule is COCCNC(=O)c1ccc(C(=O)NS(=O)(=O)c2ccc(Cl)c(C(=O)NCCOc3ccccc3)c2)cn1. The highest BCUT2D eigenvalue weighted by molar-refractivity contribution is 7.90. The van der Waals surface area contributed by atoms with Crippen LogP contribution >= 0.6 is 11.6 Å². The Kier molecular flexibility index (Phi) is 10.2. The Balaban J connectivity index is 1.62. The Bertz CT molecular complexity index is 1380. The third kappa shape index (κ3) is 8.00. The number of rotatable bonds is 12. The standard InChI is InChI=1S/C25H25ClN4O7S/c1-36-13-11-28-25(33)22-10-7-17(16-29-22)23(31)30-38(34,35)19-8-9-21(26)20(15-19)24(32)27-12-14-37-18-5-3-2-4-6-18/h2-10,15-16H,11-14H2,1H3,(H,27,32)(H,28,33)(H,30,31). The predicted octanol–water partition coefficient (Wildman–Crippen LogP) is 2.04. The predicted molar refractivity (Wildman–Crippen MR) is 139 cm³/mol. The fourth-order valence-corrected chi connectivity index (χ4v) is 4.25. The van der Waals surface area contributed by atoms with Crippen LogP contribution in [0, 0.1) is 0 Å². The van der Waals surface area contributed by atoms with Gasteiger partial charge in [0.1, 0.15) is 18.1 Å². The number of para-hydroxylation sites is 1. The molecule has 1 aromatic heterocycles. The molecule has 38 heavy (non-hydrogen) atoms. The molecule has 0 aliphatic rings. The molecule has 0 fully saturated rings. The highest BCUT2D eigenvalue weighted by Gasteiger charge is 2.22. The molecular formula is C25H25ClN4O7S. The van der Waals surface area contributed by atoms with E-state index in [-0.39, 0.29) is 46.4 Å². The average molecular weight is 561 g/mol. The maximum absolute atomic E-state index is 12.8. The van der Waals surface area contributed by atoms with Crippen molar-refractivity contribution in [3.05, 3.63) is 88.7 Å². The first kappa shape index (κ1) is 28.6. The van der Waals surface area contributed by atoms with Crippen LogP contribution in [0.5, 0.6) is 5.75 Å². The zero-order valence-corrected chi connectivity index (χ0v) is 21.8. The van der Waals surface area contributed by atoms with E-state index >= 15 is 0 Å². The molecule has 0 bridgehead atoms. The molecule has 1 heterocycles. The molecule has 3 aromatic rings. The summed E-state index contributed by atoms with van der Waals surface area (Å²) in [7, 11) is -2.87. The van der Waals surface area contributed by atoms with Gasteiger partial charge < -0.3 is 20.1 Å². The van der Waals surface area contributed by atoms with E-state index in [2.05, 4.69) is 15.6 Å². The second-order valence-electron chi connectivity index (χ2n) is 7.67. The van der Waals surface area contributed by atoms with Gasteiger partial charge in [-0.2, -0.15) is 0 Å². The molecule has 0 atom stereocenters. The van der Waals surface area contributed by atoms with Crippen molar-refractivity contribution in [2.75, 3.05) is 33.4 Å². The molecule has 200 valence electrons. The fourth-order valence-electron chi connectivity index (χ4n) is 3.05. The number of methoxy groups -OCH3 is 1. The second-order valence-corrected chi connectivity index (χ2v) is 9.76. The van der Waals surface area contributed by atoms with E-state index in [9.17, 15) is 22.8 Å². The molecule has 3 amide bonds. The largest absolute Gasteiger partial charge is 0.492 e. The van der Waals surface area contributed by atoms with Gasteiger partial charge in [-0.3, -0.25) is 19.4 Å². The molecule has 11 nitrogen and oxygen atoms in total. The number of hydrogen-bond acceptors (Lipinski definition) is 8. The zero-order valence-electron chi connectivity index (χ0n) is 20.3. The number of carbonyl (C=O) groups excluding carboxylic acids is 3. The van der Waals surface area contributed by atoms with Gasteiger partial charge in [0.2, 0.25) is 0 Å². The van der Waals surface area contributed by atoms with Crippen molar-refractivity contribution in [1.29, 1.82) is 0 Å². The van der Waals surface area contributed by atoms with Gasteiger partial charge in [0.05, 0.1) is 34.2 Å². The molecule has 0 spiro atoms. The monoisotopic (exact) mass is 560 g/mol. The minimum Gasteiger partial charge on any atom is -0.492 e. The van der Waals surface area contributed by atoms with E-state index in [1.165, 1.54) is 31.4 Å². The van der Waals surface area contributed by atoms with Gasteiger partial charge in [-0.1, -0.05) is 29.8 Å². The maximum Gasteiger partial charge on any atom is 0.269 e. The van der Waals surface area contributed by atoms with E-state index < -0.39 is 27.7 Å². The number of aromatic nitrogens is 1. The summed E-state index contributed by atoms with van der Waals surface area (Å²) in [4.78, 5) is 40.7. The summed E-state index contributed by atoms with van der Waals surface area (Å²) in [5.74, 6) is -1.42. The van der Waals surface area contributed by atoms with Crippen LogP contribution in [0.2, 0.25) is 5.02 Å². The van der Waals surface area contributed by atoms with Crippen LogP contribution in [-0.2, 0) is 14.8 Å². The van der Waals surface area contributed by atoms with E-state index in [1.54, 1.807) is 12.1 Å². The summed E-state index contributed by atoms with van der Waals surface area (Å²) in [6.45, 7) is 0.926. The third-order valence-corrected chi connectivity index (χ3v) is 6.63. The van der Waals surface area contributed by atoms with Crippen molar-refractivity contribution in [2.45, 2.75) is 4.90 Å². The molecule has 13 heteroatoms. The molecule has 0 saturated heterocycles. The Hall–Kier alpha value is -4.00. The third-order valence-electron chi connectivity index (χ3n) is 4.97. The number of carbonyl (C=O) groups is 3. The second kappa shape index (κ2) is 13.5. The van der Waals surface area contributed by atoms with Crippen molar-refractivity contribution in [2.24, 2.45) is 0 Å². The number of amides is 3. The van der Waals surface area contributed by atoms with Gasteiger partial charge in [0.25, 0.3) is 27.7 Å². The molecular weight excluding hydrogens is 536 g/mol. The van der Waals surface area contributed by atoms with Crippen molar-refractivity contribution in [3.63, 3.8) is 0 Å². The maximum atomic E-state index is 12.8. The average Bonchev–Trinajstić information content (AvgIpc) is 2.91. The Morgan fingerprint density at radius 2 is 1.61 bits per heavy atom. The molecule has 3 rings (SSSR count). The van der Waals surface area contributed by atoms with Gasteiger partial charge >= 0.3 is 0 Å². The smallest absolute Gasteiger partial charge is 0.269 e. The van der Waals surface area contributed by atoms with Crippen molar-refractivity contribution < 1.29 is 32.3 Å². The van der Waals surface area contributed by atoms with Crippen LogP contribution in [0.1, 0.15) is 31.2 Å². The number of nitrogens with zero attached hydrogens (tertiary/aromatic N) is 1. The van der Waals surface area contributed by atoms with E-state index in [1.807, 2.05) is 22.9 Å². The fraction of sp³-hybridized carbons (Fsp3) is 0.200. The lowest BCUT2D eigenvalue weighted by molar-refractivity contribution is 0.0927. The summed E-state index contributed by atoms with van der Waals surface area (Å²) in [6.07, 6.45) is 1.08. The highest BCUT2D eigenvalue weighted by atomic mass is 35.5. The molecule has 2 aromatic carbocycles. The van der Waals surface area contributed by atoms with Crippen LogP contribution in [0.25, 0.3) is 0 Å². The number of halogens is 1. The molecule has 0 radical (unpaired) electrons. The Morgan fingerprint density at radius 3 is 2.29 bits per heavy atom. The van der Waals surface area contributed by atoms with Crippen molar-refractivity contribution >= 4 is 39.3 Å². The van der Waals surface area contributed by atoms with Crippen LogP contribution in [0.15, 0.2) is 71.8 Å². The summed E-state index contributed by atoms with van der Waals surface area (Å²) < 4.78 is 37.9. The van der Waals surface area contributed by atoms with E-state index in [0.29, 0.717) is 12.4 Å². The van der Waals surface area contributed by atoms with Crippen LogP contribution in [0.3, 0.4) is 0 Å². The zero-order chi connectivity index (χ0) is 27.5. The highest BCUT2D eigenvalue weighted by Crippen LogP contribution is 2.21. The summed E-state index contributed by atoms with van der Waals surface area (Å²) in [6, 6.07) is 15.0. The summed E-state index contributed by atoms with van der Waals surface area (Å²) >= 11 is 6.11. The van der Waals surface area contributed by atoms with Gasteiger partial charge in [0, 0.05) is 19.9 Å². The first-order valence-corrected chi connectivity index (χ1v) is 13.1. The van der Waals surface area contributed by atoms with Crippen molar-refractivity contribution in [1.82, 2.24) is 20.3 Å². The number of ether oxygens (including phenoxy) is 2.